The van der Waals surface area contributed by atoms with Gasteiger partial charge in [0.2, 0.25) is 0 Å². The van der Waals surface area contributed by atoms with Crippen LogP contribution >= 0.6 is 0 Å². The van der Waals surface area contributed by atoms with Gasteiger partial charge < -0.3 is 18.7 Å². The Hall–Kier alpha value is -8.54. The molecule has 0 bridgehead atoms. The van der Waals surface area contributed by atoms with Crippen LogP contribution in [0.5, 0.6) is 11.5 Å². The molecular formula is C60H38BN3O. The maximum atomic E-state index is 7.33. The van der Waals surface area contributed by atoms with Crippen LogP contribution in [0.3, 0.4) is 0 Å². The fourth-order valence-electron chi connectivity index (χ4n) is 11.1. The minimum absolute atomic E-state index is 0.206. The summed E-state index contributed by atoms with van der Waals surface area (Å²) in [6, 6.07) is 83.8. The van der Waals surface area contributed by atoms with Crippen molar-refractivity contribution in [3.8, 4) is 56.3 Å². The van der Waals surface area contributed by atoms with Crippen molar-refractivity contribution in [3.05, 3.63) is 231 Å². The molecule has 0 saturated carbocycles. The van der Waals surface area contributed by atoms with Crippen molar-refractivity contribution in [1.82, 2.24) is 9.13 Å². The van der Waals surface area contributed by atoms with Gasteiger partial charge in [-0.05, 0) is 76.8 Å². The largest absolute Gasteiger partial charge is 0.456 e. The predicted octanol–water partition coefficient (Wildman–Crippen LogP) is 14.2. The molecule has 2 aliphatic rings. The minimum atomic E-state index is -0.206. The molecule has 0 spiro atoms. The fourth-order valence-corrected chi connectivity index (χ4v) is 11.1. The number of fused-ring (bicyclic) bond motifs is 10. The van der Waals surface area contributed by atoms with E-state index >= 15 is 0 Å². The van der Waals surface area contributed by atoms with Gasteiger partial charge in [0.15, 0.2) is 0 Å². The first-order chi connectivity index (χ1) is 32.3. The second-order valence-electron chi connectivity index (χ2n) is 17.2. The summed E-state index contributed by atoms with van der Waals surface area (Å²) in [5, 5.41) is 4.89. The molecule has 0 amide bonds. The average Bonchev–Trinajstić information content (AvgIpc) is 3.89. The highest BCUT2D eigenvalue weighted by Crippen LogP contribution is 2.51. The highest BCUT2D eigenvalue weighted by Gasteiger charge is 2.46. The smallest absolute Gasteiger partial charge is 0.336 e. The Bertz CT molecular complexity index is 3780. The number of benzene rings is 10. The fraction of sp³-hybridized carbons (Fsp3) is 0. The van der Waals surface area contributed by atoms with E-state index in [9.17, 15) is 0 Å². The topological polar surface area (TPSA) is 22.3 Å². The standard InChI is InChI=1S/C60H38BN3O/c1-3-18-39(19-4-1)42-26-17-27-43(40-20-5-2-6-21-40)59(42)64-55-32-15-10-24-46(55)48-35-37-56(60-58(48)61(64)50-28-11-16-33-57(50)65-60)63-53-31-14-9-25-47(53)49-38-41(34-36-54(49)63)62-51-29-12-7-22-44(51)45-23-8-13-30-52(45)62/h1-38H. The zero-order chi connectivity index (χ0) is 42.6. The number of hydrogen-bond acceptors (Lipinski definition) is 2. The molecule has 10 aromatic carbocycles. The molecule has 14 rings (SSSR count). The van der Waals surface area contributed by atoms with Gasteiger partial charge in [-0.15, -0.1) is 0 Å². The van der Waals surface area contributed by atoms with Crippen LogP contribution in [0.25, 0.3) is 88.4 Å². The Morgan fingerprint density at radius 3 is 1.58 bits per heavy atom. The molecule has 0 aliphatic carbocycles. The van der Waals surface area contributed by atoms with Crippen molar-refractivity contribution < 1.29 is 4.74 Å². The van der Waals surface area contributed by atoms with Crippen molar-refractivity contribution in [3.63, 3.8) is 0 Å². The van der Waals surface area contributed by atoms with E-state index < -0.39 is 0 Å². The third-order valence-electron chi connectivity index (χ3n) is 13.8. The average molecular weight is 828 g/mol. The van der Waals surface area contributed by atoms with Crippen LogP contribution in [-0.2, 0) is 0 Å². The Morgan fingerprint density at radius 2 is 0.892 bits per heavy atom. The lowest BCUT2D eigenvalue weighted by Crippen LogP contribution is -2.60. The van der Waals surface area contributed by atoms with Gasteiger partial charge in [-0.25, -0.2) is 0 Å². The lowest BCUT2D eigenvalue weighted by atomic mass is 9.44. The van der Waals surface area contributed by atoms with E-state index in [4.69, 9.17) is 4.74 Å². The lowest BCUT2D eigenvalue weighted by molar-refractivity contribution is 0.485. The summed E-state index contributed by atoms with van der Waals surface area (Å²) in [5.74, 6) is 1.74. The molecule has 2 aliphatic heterocycles. The van der Waals surface area contributed by atoms with Crippen LogP contribution in [0.4, 0.5) is 11.4 Å². The molecule has 5 heteroatoms. The van der Waals surface area contributed by atoms with Gasteiger partial charge in [-0.2, -0.15) is 0 Å². The van der Waals surface area contributed by atoms with Crippen LogP contribution in [0, 0.1) is 0 Å². The van der Waals surface area contributed by atoms with Gasteiger partial charge in [0.05, 0.1) is 27.8 Å². The summed E-state index contributed by atoms with van der Waals surface area (Å²) in [5.41, 5.74) is 18.5. The second-order valence-corrected chi connectivity index (χ2v) is 17.2. The highest BCUT2D eigenvalue weighted by molar-refractivity contribution is 6.92. The third kappa shape index (κ3) is 5.21. The lowest BCUT2D eigenvalue weighted by Gasteiger charge is -2.43. The summed E-state index contributed by atoms with van der Waals surface area (Å²) < 4.78 is 12.2. The summed E-state index contributed by atoms with van der Waals surface area (Å²) >= 11 is 0. The molecule has 302 valence electrons. The second kappa shape index (κ2) is 14.0. The Morgan fingerprint density at radius 1 is 0.354 bits per heavy atom. The molecule has 0 saturated heterocycles. The monoisotopic (exact) mass is 827 g/mol. The number of para-hydroxylation sites is 6. The van der Waals surface area contributed by atoms with Gasteiger partial charge in [0.25, 0.3) is 0 Å². The van der Waals surface area contributed by atoms with Crippen molar-refractivity contribution >= 4 is 72.8 Å². The molecule has 12 aromatic rings. The third-order valence-corrected chi connectivity index (χ3v) is 13.8. The first-order valence-corrected chi connectivity index (χ1v) is 22.4. The van der Waals surface area contributed by atoms with E-state index in [0.29, 0.717) is 0 Å². The summed E-state index contributed by atoms with van der Waals surface area (Å²) in [6.45, 7) is -0.206. The van der Waals surface area contributed by atoms with E-state index in [1.54, 1.807) is 0 Å². The van der Waals surface area contributed by atoms with Crippen LogP contribution in [0.1, 0.15) is 0 Å². The number of nitrogens with zero attached hydrogens (tertiary/aromatic N) is 3. The van der Waals surface area contributed by atoms with Crippen molar-refractivity contribution in [2.75, 3.05) is 4.81 Å². The molecule has 0 atom stereocenters. The first-order valence-electron chi connectivity index (χ1n) is 22.4. The Balaban J connectivity index is 1.05. The quantitative estimate of drug-likeness (QED) is 0.161. The van der Waals surface area contributed by atoms with Crippen molar-refractivity contribution in [2.45, 2.75) is 0 Å². The molecule has 0 fully saturated rings. The van der Waals surface area contributed by atoms with Crippen molar-refractivity contribution in [1.29, 1.82) is 0 Å². The molecule has 4 heterocycles. The molecule has 0 radical (unpaired) electrons. The zero-order valence-corrected chi connectivity index (χ0v) is 35.3. The van der Waals surface area contributed by atoms with Gasteiger partial charge in [0, 0.05) is 60.8 Å². The summed E-state index contributed by atoms with van der Waals surface area (Å²) in [4.78, 5) is 2.61. The van der Waals surface area contributed by atoms with Gasteiger partial charge >= 0.3 is 6.85 Å². The number of ether oxygens (including phenoxy) is 1. The van der Waals surface area contributed by atoms with E-state index in [1.807, 2.05) is 0 Å². The number of anilines is 2. The van der Waals surface area contributed by atoms with Crippen LogP contribution in [-0.4, -0.2) is 16.0 Å². The van der Waals surface area contributed by atoms with Crippen molar-refractivity contribution in [2.24, 2.45) is 0 Å². The van der Waals surface area contributed by atoms with Gasteiger partial charge in [-0.3, -0.25) is 0 Å². The molecule has 65 heavy (non-hydrogen) atoms. The van der Waals surface area contributed by atoms with Gasteiger partial charge in [0.1, 0.15) is 11.5 Å². The predicted molar refractivity (Wildman–Crippen MR) is 272 cm³/mol. The normalized spacial score (nSPS) is 12.7. The summed E-state index contributed by atoms with van der Waals surface area (Å²) in [6.07, 6.45) is 0. The van der Waals surface area contributed by atoms with E-state index in [-0.39, 0.29) is 6.85 Å². The molecular weight excluding hydrogens is 789 g/mol. The van der Waals surface area contributed by atoms with Crippen LogP contribution in [0.15, 0.2) is 231 Å². The SMILES string of the molecule is c1ccc(-c2cccc(-c3ccccc3)c2N2B3c4ccccc4Oc4c(-n5c6ccccc6c6cc(-n7c8ccccc8c8ccccc87)ccc65)ccc(c43)-c3ccccc32)cc1. The highest BCUT2D eigenvalue weighted by atomic mass is 16.5. The Labute approximate surface area is 376 Å². The maximum Gasteiger partial charge on any atom is 0.336 e. The van der Waals surface area contributed by atoms with Gasteiger partial charge in [-0.1, -0.05) is 176 Å². The zero-order valence-electron chi connectivity index (χ0n) is 35.3. The summed E-state index contributed by atoms with van der Waals surface area (Å²) in [7, 11) is 0. The van der Waals surface area contributed by atoms with E-state index in [0.717, 1.165) is 56.2 Å². The molecule has 2 aromatic heterocycles. The molecule has 0 N–H and O–H groups in total. The first kappa shape index (κ1) is 36.0. The van der Waals surface area contributed by atoms with E-state index in [2.05, 4.69) is 244 Å². The minimum Gasteiger partial charge on any atom is -0.456 e. The number of aromatic nitrogens is 2. The maximum absolute atomic E-state index is 7.33. The number of rotatable bonds is 5. The number of hydrogen-bond donors (Lipinski definition) is 0. The Kier molecular flexibility index (Phi) is 7.75. The van der Waals surface area contributed by atoms with E-state index in [1.165, 1.54) is 66.0 Å². The molecule has 4 nitrogen and oxygen atoms in total. The molecule has 0 unspecified atom stereocenters. The van der Waals surface area contributed by atoms with Crippen LogP contribution in [0.2, 0.25) is 0 Å². The van der Waals surface area contributed by atoms with Crippen LogP contribution < -0.4 is 20.5 Å².